The molecule has 1 heterocycles. The van der Waals surface area contributed by atoms with Gasteiger partial charge >= 0.3 is 5.97 Å². The SMILES string of the molecule is C=C(C)[C@@H]1C[C@@H](c2ccc(Cl)cc2)[C@@H](Cc2ccccc2)O[C@H]1c1cc(Oc2ccccc2)ccc1OCC(=O)O. The lowest BCUT2D eigenvalue weighted by Gasteiger charge is -2.43. The van der Waals surface area contributed by atoms with Crippen molar-refractivity contribution in [1.29, 1.82) is 0 Å². The first-order valence-electron chi connectivity index (χ1n) is 13.7. The fourth-order valence-electron chi connectivity index (χ4n) is 5.48. The molecule has 4 aromatic carbocycles. The number of aliphatic carboxylic acids is 1. The maximum Gasteiger partial charge on any atom is 0.341 e. The highest BCUT2D eigenvalue weighted by Crippen LogP contribution is 2.49. The number of halogens is 1. The predicted octanol–water partition coefficient (Wildman–Crippen LogP) is 8.64. The number of hydrogen-bond acceptors (Lipinski definition) is 4. The van der Waals surface area contributed by atoms with Crippen LogP contribution in [0.5, 0.6) is 17.2 Å². The fraction of sp³-hybridized carbons (Fsp3) is 0.229. The second kappa shape index (κ2) is 13.1. The van der Waals surface area contributed by atoms with E-state index in [-0.39, 0.29) is 17.9 Å². The Bertz CT molecular complexity index is 1470. The van der Waals surface area contributed by atoms with Gasteiger partial charge in [0.05, 0.1) is 12.2 Å². The van der Waals surface area contributed by atoms with Crippen LogP contribution in [-0.2, 0) is 16.0 Å². The predicted molar refractivity (Wildman–Crippen MR) is 161 cm³/mol. The van der Waals surface area contributed by atoms with Gasteiger partial charge in [0.1, 0.15) is 17.2 Å². The molecule has 0 radical (unpaired) electrons. The highest BCUT2D eigenvalue weighted by molar-refractivity contribution is 6.30. The molecule has 0 bridgehead atoms. The lowest BCUT2D eigenvalue weighted by atomic mass is 9.74. The molecule has 1 saturated heterocycles. The number of para-hydroxylation sites is 1. The van der Waals surface area contributed by atoms with Gasteiger partial charge in [-0.15, -0.1) is 0 Å². The molecule has 1 fully saturated rings. The van der Waals surface area contributed by atoms with Gasteiger partial charge in [-0.05, 0) is 73.4 Å². The molecule has 0 aromatic heterocycles. The van der Waals surface area contributed by atoms with Crippen molar-refractivity contribution in [2.45, 2.75) is 37.9 Å². The van der Waals surface area contributed by atoms with Crippen LogP contribution in [0.3, 0.4) is 0 Å². The lowest BCUT2D eigenvalue weighted by Crippen LogP contribution is -2.37. The second-order valence-corrected chi connectivity index (χ2v) is 10.9. The Morgan fingerprint density at radius 1 is 0.951 bits per heavy atom. The van der Waals surface area contributed by atoms with E-state index in [4.69, 9.17) is 25.8 Å². The topological polar surface area (TPSA) is 65.0 Å². The summed E-state index contributed by atoms with van der Waals surface area (Å²) in [4.78, 5) is 11.4. The van der Waals surface area contributed by atoms with Crippen molar-refractivity contribution >= 4 is 17.6 Å². The van der Waals surface area contributed by atoms with Crippen LogP contribution >= 0.6 is 11.6 Å². The third-order valence-electron chi connectivity index (χ3n) is 7.47. The van der Waals surface area contributed by atoms with E-state index < -0.39 is 18.7 Å². The van der Waals surface area contributed by atoms with Crippen molar-refractivity contribution in [1.82, 2.24) is 0 Å². The number of rotatable bonds is 10. The maximum atomic E-state index is 11.4. The summed E-state index contributed by atoms with van der Waals surface area (Å²) in [6, 6.07) is 33.2. The van der Waals surface area contributed by atoms with Gasteiger partial charge in [-0.25, -0.2) is 4.79 Å². The molecule has 1 N–H and O–H groups in total. The van der Waals surface area contributed by atoms with Crippen LogP contribution in [0.2, 0.25) is 5.02 Å². The first-order chi connectivity index (χ1) is 19.9. The molecule has 0 amide bonds. The largest absolute Gasteiger partial charge is 0.482 e. The summed E-state index contributed by atoms with van der Waals surface area (Å²) in [5.41, 5.74) is 4.04. The Morgan fingerprint density at radius 3 is 2.29 bits per heavy atom. The molecule has 0 spiro atoms. The van der Waals surface area contributed by atoms with E-state index in [9.17, 15) is 9.90 Å². The zero-order chi connectivity index (χ0) is 28.8. The van der Waals surface area contributed by atoms with Crippen LogP contribution in [0.4, 0.5) is 0 Å². The molecule has 0 saturated carbocycles. The minimum atomic E-state index is -1.05. The van der Waals surface area contributed by atoms with Gasteiger partial charge in [-0.1, -0.05) is 84.4 Å². The molecule has 6 heteroatoms. The van der Waals surface area contributed by atoms with Crippen LogP contribution in [0.1, 0.15) is 42.1 Å². The minimum Gasteiger partial charge on any atom is -0.482 e. The second-order valence-electron chi connectivity index (χ2n) is 10.4. The molecule has 210 valence electrons. The average Bonchev–Trinajstić information content (AvgIpc) is 2.97. The maximum absolute atomic E-state index is 11.4. The van der Waals surface area contributed by atoms with Crippen LogP contribution in [-0.4, -0.2) is 23.8 Å². The molecule has 4 aromatic rings. The van der Waals surface area contributed by atoms with Gasteiger partial charge in [0.15, 0.2) is 6.61 Å². The van der Waals surface area contributed by atoms with Gasteiger partial charge in [0.25, 0.3) is 0 Å². The zero-order valence-corrected chi connectivity index (χ0v) is 23.7. The van der Waals surface area contributed by atoms with E-state index in [1.165, 1.54) is 5.56 Å². The molecule has 4 atom stereocenters. The van der Waals surface area contributed by atoms with Crippen LogP contribution < -0.4 is 9.47 Å². The Morgan fingerprint density at radius 2 is 1.63 bits per heavy atom. The van der Waals surface area contributed by atoms with Crippen LogP contribution in [0.15, 0.2) is 115 Å². The monoisotopic (exact) mass is 568 g/mol. The molecule has 5 rings (SSSR count). The number of carboxylic acids is 1. The normalized spacial score (nSPS) is 20.2. The zero-order valence-electron chi connectivity index (χ0n) is 22.9. The number of benzene rings is 4. The van der Waals surface area contributed by atoms with Gasteiger partial charge in [-0.3, -0.25) is 0 Å². The summed E-state index contributed by atoms with van der Waals surface area (Å²) in [6.07, 6.45) is 0.915. The Hall–Kier alpha value is -4.06. The first-order valence-corrected chi connectivity index (χ1v) is 14.1. The third kappa shape index (κ3) is 7.18. The van der Waals surface area contributed by atoms with E-state index in [0.29, 0.717) is 28.7 Å². The van der Waals surface area contributed by atoms with Crippen molar-refractivity contribution in [3.05, 3.63) is 137 Å². The fourth-order valence-corrected chi connectivity index (χ4v) is 5.61. The summed E-state index contributed by atoms with van der Waals surface area (Å²) in [5.74, 6) is 0.749. The van der Waals surface area contributed by atoms with Gasteiger partial charge in [0, 0.05) is 22.4 Å². The number of hydrogen-bond donors (Lipinski definition) is 1. The Balaban J connectivity index is 1.55. The molecule has 5 nitrogen and oxygen atoms in total. The van der Waals surface area contributed by atoms with Gasteiger partial charge in [0.2, 0.25) is 0 Å². The molecular weight excluding hydrogens is 536 g/mol. The van der Waals surface area contributed by atoms with Crippen LogP contribution in [0, 0.1) is 5.92 Å². The summed E-state index contributed by atoms with van der Waals surface area (Å²) >= 11 is 6.23. The van der Waals surface area contributed by atoms with Crippen LogP contribution in [0.25, 0.3) is 0 Å². The molecule has 41 heavy (non-hydrogen) atoms. The van der Waals surface area contributed by atoms with Crippen molar-refractivity contribution in [3.63, 3.8) is 0 Å². The quantitative estimate of drug-likeness (QED) is 0.194. The van der Waals surface area contributed by atoms with E-state index in [0.717, 1.165) is 23.1 Å². The van der Waals surface area contributed by atoms with Gasteiger partial charge in [-0.2, -0.15) is 0 Å². The molecule has 0 aliphatic carbocycles. The lowest BCUT2D eigenvalue weighted by molar-refractivity contribution is -0.139. The van der Waals surface area contributed by atoms with Gasteiger partial charge < -0.3 is 19.3 Å². The van der Waals surface area contributed by atoms with E-state index >= 15 is 0 Å². The summed E-state index contributed by atoms with van der Waals surface area (Å²) in [7, 11) is 0. The van der Waals surface area contributed by atoms with Crippen molar-refractivity contribution in [2.24, 2.45) is 5.92 Å². The minimum absolute atomic E-state index is 0.0538. The number of ether oxygens (including phenoxy) is 3. The molecular formula is C35H33ClO5. The molecule has 0 unspecified atom stereocenters. The van der Waals surface area contributed by atoms with Crippen molar-refractivity contribution in [2.75, 3.05) is 6.61 Å². The highest BCUT2D eigenvalue weighted by atomic mass is 35.5. The number of carboxylic acid groups (broad SMARTS) is 1. The average molecular weight is 569 g/mol. The first kappa shape index (κ1) is 28.5. The summed E-state index contributed by atoms with van der Waals surface area (Å²) in [5, 5.41) is 10.0. The molecule has 1 aliphatic rings. The smallest absolute Gasteiger partial charge is 0.341 e. The van der Waals surface area contributed by atoms with Crippen molar-refractivity contribution in [3.8, 4) is 17.2 Å². The Labute approximate surface area is 246 Å². The summed E-state index contributed by atoms with van der Waals surface area (Å²) in [6.45, 7) is 5.88. The number of carbonyl (C=O) groups is 1. The van der Waals surface area contributed by atoms with E-state index in [1.54, 1.807) is 12.1 Å². The summed E-state index contributed by atoms with van der Waals surface area (Å²) < 4.78 is 19.0. The standard InChI is InChI=1S/C35H33ClO5/c1-23(2)29-21-30(25-13-15-26(36)16-14-25)33(19-24-9-5-3-6-10-24)41-35(29)31-20-28(40-27-11-7-4-8-12-27)17-18-32(31)39-22-34(37)38/h3-18,20,29-30,33,35H,1,19,21-22H2,2H3,(H,37,38)/t29-,30-,33+,35+/m0/s1. The Kier molecular flexibility index (Phi) is 9.07. The van der Waals surface area contributed by atoms with Crippen molar-refractivity contribution < 1.29 is 24.1 Å². The third-order valence-corrected chi connectivity index (χ3v) is 7.72. The molecule has 1 aliphatic heterocycles. The van der Waals surface area contributed by atoms with E-state index in [2.05, 4.69) is 30.8 Å². The highest BCUT2D eigenvalue weighted by Gasteiger charge is 2.41. The van der Waals surface area contributed by atoms with E-state index in [1.807, 2.05) is 73.7 Å².